The first-order chi connectivity index (χ1) is 16.6. The lowest BCUT2D eigenvalue weighted by Crippen LogP contribution is -2.34. The van der Waals surface area contributed by atoms with Crippen molar-refractivity contribution in [1.29, 1.82) is 0 Å². The van der Waals surface area contributed by atoms with Gasteiger partial charge in [-0.3, -0.25) is 14.6 Å². The van der Waals surface area contributed by atoms with Crippen LogP contribution in [0.2, 0.25) is 0 Å². The molecule has 0 radical (unpaired) electrons. The third-order valence-corrected chi connectivity index (χ3v) is 5.53. The minimum Gasteiger partial charge on any atom is -0.466 e. The maximum atomic E-state index is 13.3. The molecule has 0 saturated carbocycles. The number of hydrogen-bond acceptors (Lipinski definition) is 5. The molecule has 0 aliphatic heterocycles. The molecule has 3 aromatic rings. The fourth-order valence-electron chi connectivity index (χ4n) is 3.72. The average molecular weight is 489 g/mol. The van der Waals surface area contributed by atoms with Crippen molar-refractivity contribution >= 4 is 11.9 Å². The summed E-state index contributed by atoms with van der Waals surface area (Å²) >= 11 is 0. The largest absolute Gasteiger partial charge is 0.466 e. The summed E-state index contributed by atoms with van der Waals surface area (Å²) < 4.78 is 45.9. The molecule has 0 fully saturated rings. The summed E-state index contributed by atoms with van der Waals surface area (Å²) in [5, 5.41) is 4.39. The fraction of sp³-hybridized carbons (Fsp3) is 0.360. The molecule has 10 heteroatoms. The van der Waals surface area contributed by atoms with E-state index in [-0.39, 0.29) is 44.1 Å². The van der Waals surface area contributed by atoms with Crippen LogP contribution in [0.25, 0.3) is 5.69 Å². The number of pyridine rings is 1. The Morgan fingerprint density at radius 1 is 1.14 bits per heavy atom. The predicted octanol–water partition coefficient (Wildman–Crippen LogP) is 4.43. The smallest absolute Gasteiger partial charge is 0.416 e. The van der Waals surface area contributed by atoms with E-state index >= 15 is 0 Å². The summed E-state index contributed by atoms with van der Waals surface area (Å²) in [4.78, 5) is 30.8. The van der Waals surface area contributed by atoms with Crippen molar-refractivity contribution in [3.05, 3.63) is 76.9 Å². The number of nitrogens with zero attached hydrogens (tertiary/aromatic N) is 4. The van der Waals surface area contributed by atoms with E-state index in [9.17, 15) is 22.8 Å². The second-order valence-corrected chi connectivity index (χ2v) is 8.02. The van der Waals surface area contributed by atoms with Gasteiger partial charge in [0, 0.05) is 36.7 Å². The molecule has 0 N–H and O–H groups in total. The molecule has 0 atom stereocenters. The highest BCUT2D eigenvalue weighted by atomic mass is 19.4. The summed E-state index contributed by atoms with van der Waals surface area (Å²) in [6, 6.07) is 8.48. The van der Waals surface area contributed by atoms with Crippen LogP contribution in [0.3, 0.4) is 0 Å². The van der Waals surface area contributed by atoms with Crippen LogP contribution in [0.4, 0.5) is 13.2 Å². The van der Waals surface area contributed by atoms with Gasteiger partial charge in [0.15, 0.2) is 0 Å². The number of alkyl halides is 3. The second kappa shape index (κ2) is 11.2. The molecule has 0 aliphatic carbocycles. The average Bonchev–Trinajstić information content (AvgIpc) is 3.10. The van der Waals surface area contributed by atoms with E-state index in [0.717, 1.165) is 17.7 Å². The highest BCUT2D eigenvalue weighted by Gasteiger charge is 2.31. The van der Waals surface area contributed by atoms with Gasteiger partial charge in [-0.05, 0) is 50.6 Å². The molecule has 0 unspecified atom stereocenters. The van der Waals surface area contributed by atoms with E-state index in [4.69, 9.17) is 4.74 Å². The van der Waals surface area contributed by atoms with Crippen molar-refractivity contribution in [2.75, 3.05) is 13.2 Å². The number of esters is 1. The van der Waals surface area contributed by atoms with Gasteiger partial charge < -0.3 is 9.64 Å². The van der Waals surface area contributed by atoms with Gasteiger partial charge in [-0.25, -0.2) is 4.68 Å². The van der Waals surface area contributed by atoms with Crippen LogP contribution >= 0.6 is 0 Å². The van der Waals surface area contributed by atoms with Crippen molar-refractivity contribution in [2.45, 2.75) is 46.3 Å². The highest BCUT2D eigenvalue weighted by molar-refractivity contribution is 5.80. The molecule has 186 valence electrons. The minimum atomic E-state index is -4.48. The first kappa shape index (κ1) is 25.9. The minimum absolute atomic E-state index is 0.0142. The van der Waals surface area contributed by atoms with E-state index in [0.29, 0.717) is 17.0 Å². The van der Waals surface area contributed by atoms with Crippen LogP contribution in [-0.4, -0.2) is 44.7 Å². The Kier molecular flexibility index (Phi) is 8.26. The molecule has 2 aromatic heterocycles. The number of hydrogen-bond donors (Lipinski definition) is 0. The molecular weight excluding hydrogens is 461 g/mol. The predicted molar refractivity (Wildman–Crippen MR) is 123 cm³/mol. The Morgan fingerprint density at radius 2 is 1.91 bits per heavy atom. The molecule has 7 nitrogen and oxygen atoms in total. The van der Waals surface area contributed by atoms with Crippen LogP contribution < -0.4 is 0 Å². The topological polar surface area (TPSA) is 77.3 Å². The van der Waals surface area contributed by atoms with Crippen LogP contribution in [0.1, 0.15) is 41.4 Å². The van der Waals surface area contributed by atoms with Gasteiger partial charge in [0.1, 0.15) is 0 Å². The Balaban J connectivity index is 1.84. The SMILES string of the molecule is CCOC(=O)CCN(Cc1cccnc1)C(=O)Cc1c(C)nn(-c2cccc(C(F)(F)F)c2)c1C. The van der Waals surface area contributed by atoms with Gasteiger partial charge in [-0.15, -0.1) is 0 Å². The Bertz CT molecular complexity index is 1180. The maximum Gasteiger partial charge on any atom is 0.416 e. The lowest BCUT2D eigenvalue weighted by molar-refractivity contribution is -0.144. The molecule has 35 heavy (non-hydrogen) atoms. The Labute approximate surface area is 201 Å². The molecule has 1 amide bonds. The van der Waals surface area contributed by atoms with Crippen LogP contribution in [0.15, 0.2) is 48.8 Å². The van der Waals surface area contributed by atoms with Crippen molar-refractivity contribution in [3.63, 3.8) is 0 Å². The molecule has 3 rings (SSSR count). The summed E-state index contributed by atoms with van der Waals surface area (Å²) in [6.45, 7) is 5.81. The number of amides is 1. The fourth-order valence-corrected chi connectivity index (χ4v) is 3.72. The number of benzene rings is 1. The molecule has 2 heterocycles. The number of aromatic nitrogens is 3. The van der Waals surface area contributed by atoms with Crippen molar-refractivity contribution in [1.82, 2.24) is 19.7 Å². The van der Waals surface area contributed by atoms with Crippen LogP contribution in [0, 0.1) is 13.8 Å². The third kappa shape index (κ3) is 6.68. The monoisotopic (exact) mass is 488 g/mol. The number of carbonyl (C=O) groups excluding carboxylic acids is 2. The van der Waals surface area contributed by atoms with E-state index in [2.05, 4.69) is 10.1 Å². The molecule has 0 bridgehead atoms. The Hall–Kier alpha value is -3.69. The van der Waals surface area contributed by atoms with E-state index in [1.807, 2.05) is 6.07 Å². The first-order valence-corrected chi connectivity index (χ1v) is 11.1. The zero-order chi connectivity index (χ0) is 25.6. The number of ether oxygens (including phenoxy) is 1. The highest BCUT2D eigenvalue weighted by Crippen LogP contribution is 2.31. The van der Waals surface area contributed by atoms with Crippen LogP contribution in [-0.2, 0) is 33.5 Å². The number of carbonyl (C=O) groups is 2. The van der Waals surface area contributed by atoms with Gasteiger partial charge in [-0.1, -0.05) is 12.1 Å². The lowest BCUT2D eigenvalue weighted by Gasteiger charge is -2.22. The van der Waals surface area contributed by atoms with Gasteiger partial charge in [0.25, 0.3) is 0 Å². The number of rotatable bonds is 9. The standard InChI is InChI=1S/C25H27F3N4O3/c1-4-35-24(34)10-12-31(16-19-7-6-11-29-15-19)23(33)14-22-17(2)30-32(18(22)3)21-9-5-8-20(13-21)25(26,27)28/h5-9,11,13,15H,4,10,12,14,16H2,1-3H3. The summed E-state index contributed by atoms with van der Waals surface area (Å²) in [7, 11) is 0. The van der Waals surface area contributed by atoms with Crippen LogP contribution in [0.5, 0.6) is 0 Å². The van der Waals surface area contributed by atoms with E-state index in [1.165, 1.54) is 16.8 Å². The number of aryl methyl sites for hydroxylation is 1. The summed E-state index contributed by atoms with van der Waals surface area (Å²) in [5.41, 5.74) is 2.02. The molecule has 0 spiro atoms. The molecule has 0 saturated heterocycles. The quantitative estimate of drug-likeness (QED) is 0.417. The zero-order valence-electron chi connectivity index (χ0n) is 19.8. The normalized spacial score (nSPS) is 11.4. The third-order valence-electron chi connectivity index (χ3n) is 5.53. The first-order valence-electron chi connectivity index (χ1n) is 11.1. The number of halogens is 3. The van der Waals surface area contributed by atoms with E-state index < -0.39 is 17.7 Å². The van der Waals surface area contributed by atoms with Gasteiger partial charge >= 0.3 is 12.1 Å². The Morgan fingerprint density at radius 3 is 2.57 bits per heavy atom. The van der Waals surface area contributed by atoms with Gasteiger partial charge in [0.2, 0.25) is 5.91 Å². The van der Waals surface area contributed by atoms with Gasteiger partial charge in [0.05, 0.1) is 36.4 Å². The zero-order valence-corrected chi connectivity index (χ0v) is 19.8. The van der Waals surface area contributed by atoms with Crippen molar-refractivity contribution in [2.24, 2.45) is 0 Å². The summed E-state index contributed by atoms with van der Waals surface area (Å²) in [5.74, 6) is -0.644. The molecular formula is C25H27F3N4O3. The van der Waals surface area contributed by atoms with Crippen molar-refractivity contribution < 1.29 is 27.5 Å². The van der Waals surface area contributed by atoms with E-state index in [1.54, 1.807) is 44.1 Å². The molecule has 1 aromatic carbocycles. The maximum absolute atomic E-state index is 13.3. The van der Waals surface area contributed by atoms with Gasteiger partial charge in [-0.2, -0.15) is 18.3 Å². The summed E-state index contributed by atoms with van der Waals surface area (Å²) in [6.07, 6.45) is -1.17. The lowest BCUT2D eigenvalue weighted by atomic mass is 10.1. The molecule has 0 aliphatic rings. The van der Waals surface area contributed by atoms with Crippen molar-refractivity contribution in [3.8, 4) is 5.69 Å². The second-order valence-electron chi connectivity index (χ2n) is 8.02.